The largest absolute Gasteiger partial charge is 0.350 e. The molecule has 0 aliphatic rings. The van der Waals surface area contributed by atoms with E-state index in [2.05, 4.69) is 5.32 Å². The average Bonchev–Trinajstić information content (AvgIpc) is 2.88. The number of carbonyl (C=O) groups excluding carboxylic acids is 2. The van der Waals surface area contributed by atoms with E-state index in [1.54, 1.807) is 31.2 Å². The van der Waals surface area contributed by atoms with Crippen molar-refractivity contribution >= 4 is 39.1 Å². The summed E-state index contributed by atoms with van der Waals surface area (Å²) in [5.41, 5.74) is 2.47. The van der Waals surface area contributed by atoms with Crippen molar-refractivity contribution in [3.8, 4) is 0 Å². The molecule has 3 aromatic rings. The van der Waals surface area contributed by atoms with Crippen molar-refractivity contribution in [1.82, 2.24) is 10.2 Å². The van der Waals surface area contributed by atoms with Gasteiger partial charge in [0.15, 0.2) is 0 Å². The molecule has 2 amide bonds. The molecular weight excluding hydrogens is 546 g/mol. The first-order valence-electron chi connectivity index (χ1n) is 13.2. The van der Waals surface area contributed by atoms with Crippen molar-refractivity contribution in [3.63, 3.8) is 0 Å². The lowest BCUT2D eigenvalue weighted by molar-refractivity contribution is -0.141. The Morgan fingerprint density at radius 3 is 2.08 bits per heavy atom. The zero-order valence-electron chi connectivity index (χ0n) is 23.9. The Kier molecular flexibility index (Phi) is 10.0. The van der Waals surface area contributed by atoms with E-state index in [-0.39, 0.29) is 17.3 Å². The number of hydrogen-bond donors (Lipinski definition) is 1. The summed E-state index contributed by atoms with van der Waals surface area (Å²) in [5.74, 6) is -0.782. The second-order valence-corrected chi connectivity index (χ2v) is 13.2. The van der Waals surface area contributed by atoms with E-state index in [0.29, 0.717) is 22.7 Å². The van der Waals surface area contributed by atoms with Gasteiger partial charge in [-0.25, -0.2) is 8.42 Å². The third kappa shape index (κ3) is 7.86. The molecule has 0 saturated heterocycles. The standard InChI is InChI=1S/C31H38ClN3O4S/c1-7-27(30(37)33-31(4,5)6)34(20-24-14-12-22(2)13-15-24)29(36)21-35(28-11-9-8-10-23(28)3)40(38,39)26-18-16-25(32)17-19-26/h8-19,27H,7,20-21H2,1-6H3,(H,33,37)/t27-/m0/s1. The maximum absolute atomic E-state index is 14.1. The first-order valence-corrected chi connectivity index (χ1v) is 15.1. The van der Waals surface area contributed by atoms with E-state index in [4.69, 9.17) is 11.6 Å². The minimum absolute atomic E-state index is 0.00977. The van der Waals surface area contributed by atoms with Crippen LogP contribution >= 0.6 is 11.6 Å². The molecule has 0 radical (unpaired) electrons. The number of halogens is 1. The first-order chi connectivity index (χ1) is 18.7. The smallest absolute Gasteiger partial charge is 0.264 e. The van der Waals surface area contributed by atoms with Crippen molar-refractivity contribution in [2.45, 2.75) is 71.0 Å². The van der Waals surface area contributed by atoms with Gasteiger partial charge >= 0.3 is 0 Å². The van der Waals surface area contributed by atoms with Crippen molar-refractivity contribution in [2.24, 2.45) is 0 Å². The molecule has 0 saturated carbocycles. The summed E-state index contributed by atoms with van der Waals surface area (Å²) in [7, 11) is -4.16. The minimum atomic E-state index is -4.16. The van der Waals surface area contributed by atoms with Crippen LogP contribution in [-0.2, 0) is 26.2 Å². The summed E-state index contributed by atoms with van der Waals surface area (Å²) in [5, 5.41) is 3.38. The molecule has 3 rings (SSSR count). The minimum Gasteiger partial charge on any atom is -0.350 e. The van der Waals surface area contributed by atoms with Gasteiger partial charge in [-0.15, -0.1) is 0 Å². The van der Waals surface area contributed by atoms with Gasteiger partial charge in [0, 0.05) is 17.1 Å². The number of amides is 2. The highest BCUT2D eigenvalue weighted by Gasteiger charge is 2.35. The van der Waals surface area contributed by atoms with Crippen LogP contribution in [0, 0.1) is 13.8 Å². The lowest BCUT2D eigenvalue weighted by Gasteiger charge is -2.35. The van der Waals surface area contributed by atoms with Crippen LogP contribution < -0.4 is 9.62 Å². The van der Waals surface area contributed by atoms with Gasteiger partial charge in [0.25, 0.3) is 10.0 Å². The van der Waals surface area contributed by atoms with Crippen LogP contribution in [0.5, 0.6) is 0 Å². The van der Waals surface area contributed by atoms with Crippen LogP contribution in [0.25, 0.3) is 0 Å². The summed E-state index contributed by atoms with van der Waals surface area (Å²) in [6.45, 7) is 10.9. The molecule has 0 aromatic heterocycles. The molecule has 0 spiro atoms. The third-order valence-corrected chi connectivity index (χ3v) is 8.45. The SMILES string of the molecule is CC[C@@H](C(=O)NC(C)(C)C)N(Cc1ccc(C)cc1)C(=O)CN(c1ccccc1C)S(=O)(=O)c1ccc(Cl)cc1. The van der Waals surface area contributed by atoms with Crippen LogP contribution in [0.2, 0.25) is 5.02 Å². The fourth-order valence-electron chi connectivity index (χ4n) is 4.35. The van der Waals surface area contributed by atoms with E-state index in [0.717, 1.165) is 15.4 Å². The highest BCUT2D eigenvalue weighted by Crippen LogP contribution is 2.28. The van der Waals surface area contributed by atoms with Gasteiger partial charge in [-0.1, -0.05) is 66.6 Å². The van der Waals surface area contributed by atoms with Gasteiger partial charge in [0.1, 0.15) is 12.6 Å². The Morgan fingerprint density at radius 1 is 0.925 bits per heavy atom. The second kappa shape index (κ2) is 12.9. The molecule has 1 N–H and O–H groups in total. The number of benzene rings is 3. The van der Waals surface area contributed by atoms with Crippen LogP contribution in [0.1, 0.15) is 50.8 Å². The molecular formula is C31H38ClN3O4S. The van der Waals surface area contributed by atoms with E-state index < -0.39 is 34.1 Å². The zero-order valence-corrected chi connectivity index (χ0v) is 25.5. The lowest BCUT2D eigenvalue weighted by Crippen LogP contribution is -2.55. The molecule has 0 aliphatic heterocycles. The number of nitrogens with one attached hydrogen (secondary N) is 1. The Labute approximate surface area is 243 Å². The Bertz CT molecular complexity index is 1430. The van der Waals surface area contributed by atoms with Gasteiger partial charge in [0.05, 0.1) is 10.6 Å². The number of anilines is 1. The number of aryl methyl sites for hydroxylation is 2. The summed E-state index contributed by atoms with van der Waals surface area (Å²) < 4.78 is 29.0. The van der Waals surface area contributed by atoms with E-state index >= 15 is 0 Å². The maximum Gasteiger partial charge on any atom is 0.264 e. The number of hydrogen-bond acceptors (Lipinski definition) is 4. The predicted octanol–water partition coefficient (Wildman–Crippen LogP) is 5.87. The number of rotatable bonds is 10. The molecule has 0 fully saturated rings. The molecule has 9 heteroatoms. The van der Waals surface area contributed by atoms with E-state index in [1.165, 1.54) is 29.2 Å². The van der Waals surface area contributed by atoms with Gasteiger partial charge in [0.2, 0.25) is 11.8 Å². The molecule has 0 heterocycles. The summed E-state index contributed by atoms with van der Waals surface area (Å²) in [4.78, 5) is 29.0. The number of carbonyl (C=O) groups is 2. The van der Waals surface area contributed by atoms with Gasteiger partial charge < -0.3 is 10.2 Å². The maximum atomic E-state index is 14.1. The van der Waals surface area contributed by atoms with E-state index in [1.807, 2.05) is 58.9 Å². The monoisotopic (exact) mass is 583 g/mol. The molecule has 0 aliphatic carbocycles. The lowest BCUT2D eigenvalue weighted by atomic mass is 10.1. The molecule has 0 bridgehead atoms. The summed E-state index contributed by atoms with van der Waals surface area (Å²) in [6, 6.07) is 19.7. The van der Waals surface area contributed by atoms with Crippen LogP contribution in [0.4, 0.5) is 5.69 Å². The number of para-hydroxylation sites is 1. The van der Waals surface area contributed by atoms with Crippen molar-refractivity contribution in [3.05, 3.63) is 94.5 Å². The Hall–Kier alpha value is -3.36. The number of sulfonamides is 1. The molecule has 1 atom stereocenters. The Morgan fingerprint density at radius 2 is 1.52 bits per heavy atom. The molecule has 3 aromatic carbocycles. The predicted molar refractivity (Wildman–Crippen MR) is 161 cm³/mol. The van der Waals surface area contributed by atoms with Crippen LogP contribution in [0.3, 0.4) is 0 Å². The molecule has 40 heavy (non-hydrogen) atoms. The zero-order chi connectivity index (χ0) is 29.7. The fraction of sp³-hybridized carbons (Fsp3) is 0.355. The van der Waals surface area contributed by atoms with Crippen LogP contribution in [0.15, 0.2) is 77.7 Å². The van der Waals surface area contributed by atoms with Gasteiger partial charge in [-0.2, -0.15) is 0 Å². The average molecular weight is 584 g/mol. The van der Waals surface area contributed by atoms with Gasteiger partial charge in [-0.05, 0) is 82.5 Å². The van der Waals surface area contributed by atoms with Crippen molar-refractivity contribution < 1.29 is 18.0 Å². The highest BCUT2D eigenvalue weighted by molar-refractivity contribution is 7.92. The summed E-state index contributed by atoms with van der Waals surface area (Å²) in [6.07, 6.45) is 0.355. The molecule has 0 unspecified atom stereocenters. The first kappa shape index (κ1) is 31.2. The quantitative estimate of drug-likeness (QED) is 0.323. The van der Waals surface area contributed by atoms with Gasteiger partial charge in [-0.3, -0.25) is 13.9 Å². The van der Waals surface area contributed by atoms with Crippen molar-refractivity contribution in [1.29, 1.82) is 0 Å². The van der Waals surface area contributed by atoms with Crippen molar-refractivity contribution in [2.75, 3.05) is 10.8 Å². The fourth-order valence-corrected chi connectivity index (χ4v) is 5.96. The Balaban J connectivity index is 2.08. The highest BCUT2D eigenvalue weighted by atomic mass is 35.5. The normalized spacial score (nSPS) is 12.5. The second-order valence-electron chi connectivity index (χ2n) is 10.9. The summed E-state index contributed by atoms with van der Waals surface area (Å²) >= 11 is 6.02. The van der Waals surface area contributed by atoms with E-state index in [9.17, 15) is 18.0 Å². The molecule has 214 valence electrons. The topological polar surface area (TPSA) is 86.8 Å². The molecule has 7 nitrogen and oxygen atoms in total. The third-order valence-electron chi connectivity index (χ3n) is 6.42. The van der Waals surface area contributed by atoms with Crippen LogP contribution in [-0.4, -0.2) is 43.3 Å². The number of nitrogens with zero attached hydrogens (tertiary/aromatic N) is 2.